The summed E-state index contributed by atoms with van der Waals surface area (Å²) in [5, 5.41) is 6.64. The molecule has 0 atom stereocenters. The summed E-state index contributed by atoms with van der Waals surface area (Å²) in [5.41, 5.74) is 2.29. The highest BCUT2D eigenvalue weighted by Gasteiger charge is 2.00. The molecule has 4 heteroatoms. The number of nitrogens with zero attached hydrogens (tertiary/aromatic N) is 1. The molecule has 2 aromatic rings. The van der Waals surface area contributed by atoms with Gasteiger partial charge < -0.3 is 9.73 Å². The summed E-state index contributed by atoms with van der Waals surface area (Å²) in [6, 6.07) is 1.96. The Morgan fingerprint density at radius 1 is 1.47 bits per heavy atom. The van der Waals surface area contributed by atoms with Crippen LogP contribution in [-0.4, -0.2) is 4.98 Å². The van der Waals surface area contributed by atoms with Gasteiger partial charge in [-0.2, -0.15) is 0 Å². The molecule has 2 aromatic heterocycles. The SMILES string of the molecule is CCc1nc(CNCc2ccoc2)cs1. The summed E-state index contributed by atoms with van der Waals surface area (Å²) < 4.78 is 4.99. The van der Waals surface area contributed by atoms with Crippen LogP contribution in [0.25, 0.3) is 0 Å². The average Bonchev–Trinajstić information content (AvgIpc) is 2.88. The minimum atomic E-state index is 0.821. The maximum atomic E-state index is 4.99. The van der Waals surface area contributed by atoms with Crippen LogP contribution in [0, 0.1) is 0 Å². The van der Waals surface area contributed by atoms with Crippen LogP contribution in [0.15, 0.2) is 28.4 Å². The lowest BCUT2D eigenvalue weighted by atomic mass is 10.3. The minimum Gasteiger partial charge on any atom is -0.472 e. The van der Waals surface area contributed by atoms with E-state index in [4.69, 9.17) is 4.42 Å². The second kappa shape index (κ2) is 5.09. The molecule has 0 bridgehead atoms. The molecule has 2 heterocycles. The lowest BCUT2D eigenvalue weighted by Crippen LogP contribution is -2.12. The fraction of sp³-hybridized carbons (Fsp3) is 0.364. The summed E-state index contributed by atoms with van der Waals surface area (Å²) >= 11 is 1.73. The number of nitrogens with one attached hydrogen (secondary N) is 1. The largest absolute Gasteiger partial charge is 0.472 e. The Morgan fingerprint density at radius 3 is 3.07 bits per heavy atom. The Hall–Kier alpha value is -1.13. The van der Waals surface area contributed by atoms with Gasteiger partial charge in [0.05, 0.1) is 23.2 Å². The van der Waals surface area contributed by atoms with Gasteiger partial charge in [-0.25, -0.2) is 4.98 Å². The van der Waals surface area contributed by atoms with E-state index in [0.717, 1.165) is 25.2 Å². The third kappa shape index (κ3) is 2.91. The molecule has 1 N–H and O–H groups in total. The summed E-state index contributed by atoms with van der Waals surface area (Å²) in [6.07, 6.45) is 4.47. The Kier molecular flexibility index (Phi) is 3.53. The van der Waals surface area contributed by atoms with Crippen LogP contribution < -0.4 is 5.32 Å². The maximum absolute atomic E-state index is 4.99. The molecule has 0 amide bonds. The Bertz CT molecular complexity index is 394. The van der Waals surface area contributed by atoms with Crippen molar-refractivity contribution in [1.82, 2.24) is 10.3 Å². The van der Waals surface area contributed by atoms with Crippen molar-refractivity contribution in [3.05, 3.63) is 40.2 Å². The first-order valence-corrected chi connectivity index (χ1v) is 5.91. The van der Waals surface area contributed by atoms with Crippen molar-refractivity contribution in [1.29, 1.82) is 0 Å². The summed E-state index contributed by atoms with van der Waals surface area (Å²) in [4.78, 5) is 4.48. The van der Waals surface area contributed by atoms with Gasteiger partial charge in [0, 0.05) is 24.0 Å². The standard InChI is InChI=1S/C11H14N2OS/c1-2-11-13-10(8-15-11)6-12-5-9-3-4-14-7-9/h3-4,7-8,12H,2,5-6H2,1H3. The number of rotatable bonds is 5. The lowest BCUT2D eigenvalue weighted by molar-refractivity contribution is 0.560. The lowest BCUT2D eigenvalue weighted by Gasteiger charge is -1.98. The highest BCUT2D eigenvalue weighted by atomic mass is 32.1. The molecule has 0 aromatic carbocycles. The Balaban J connectivity index is 1.78. The monoisotopic (exact) mass is 222 g/mol. The van der Waals surface area contributed by atoms with E-state index in [0.29, 0.717) is 0 Å². The molecule has 2 rings (SSSR count). The van der Waals surface area contributed by atoms with Gasteiger partial charge in [0.2, 0.25) is 0 Å². The first kappa shape index (κ1) is 10.4. The van der Waals surface area contributed by atoms with E-state index in [2.05, 4.69) is 22.6 Å². The quantitative estimate of drug-likeness (QED) is 0.845. The third-order valence-corrected chi connectivity index (χ3v) is 3.16. The van der Waals surface area contributed by atoms with Crippen LogP contribution >= 0.6 is 11.3 Å². The van der Waals surface area contributed by atoms with E-state index in [1.165, 1.54) is 10.6 Å². The number of hydrogen-bond donors (Lipinski definition) is 1. The number of aromatic nitrogens is 1. The molecule has 0 unspecified atom stereocenters. The highest BCUT2D eigenvalue weighted by molar-refractivity contribution is 7.09. The van der Waals surface area contributed by atoms with Gasteiger partial charge in [0.1, 0.15) is 0 Å². The maximum Gasteiger partial charge on any atom is 0.0947 e. The highest BCUT2D eigenvalue weighted by Crippen LogP contribution is 2.10. The van der Waals surface area contributed by atoms with Crippen LogP contribution in [0.5, 0.6) is 0 Å². The van der Waals surface area contributed by atoms with Gasteiger partial charge in [0.15, 0.2) is 0 Å². The first-order valence-electron chi connectivity index (χ1n) is 5.03. The summed E-state index contributed by atoms with van der Waals surface area (Å²) in [6.45, 7) is 3.78. The molecule has 0 spiro atoms. The van der Waals surface area contributed by atoms with E-state index >= 15 is 0 Å². The smallest absolute Gasteiger partial charge is 0.0947 e. The molecule has 80 valence electrons. The number of aryl methyl sites for hydroxylation is 1. The molecular weight excluding hydrogens is 208 g/mol. The summed E-state index contributed by atoms with van der Waals surface area (Å²) in [7, 11) is 0. The van der Waals surface area contributed by atoms with Crippen LogP contribution in [0.1, 0.15) is 23.2 Å². The zero-order chi connectivity index (χ0) is 10.5. The van der Waals surface area contributed by atoms with Crippen molar-refractivity contribution in [2.75, 3.05) is 0 Å². The fourth-order valence-electron chi connectivity index (χ4n) is 1.32. The van der Waals surface area contributed by atoms with Crippen LogP contribution in [0.3, 0.4) is 0 Å². The molecule has 0 saturated heterocycles. The molecule has 0 saturated carbocycles. The van der Waals surface area contributed by atoms with E-state index in [1.54, 1.807) is 23.9 Å². The van der Waals surface area contributed by atoms with Crippen LogP contribution in [0.2, 0.25) is 0 Å². The summed E-state index contributed by atoms with van der Waals surface area (Å²) in [5.74, 6) is 0. The molecule has 0 radical (unpaired) electrons. The van der Waals surface area contributed by atoms with Gasteiger partial charge in [-0.15, -0.1) is 11.3 Å². The van der Waals surface area contributed by atoms with Crippen molar-refractivity contribution in [3.8, 4) is 0 Å². The second-order valence-corrected chi connectivity index (χ2v) is 4.26. The molecule has 0 aliphatic heterocycles. The van der Waals surface area contributed by atoms with Crippen molar-refractivity contribution in [3.63, 3.8) is 0 Å². The van der Waals surface area contributed by atoms with Gasteiger partial charge in [-0.05, 0) is 12.5 Å². The van der Waals surface area contributed by atoms with E-state index in [1.807, 2.05) is 6.07 Å². The van der Waals surface area contributed by atoms with Gasteiger partial charge >= 0.3 is 0 Å². The van der Waals surface area contributed by atoms with Crippen molar-refractivity contribution < 1.29 is 4.42 Å². The van der Waals surface area contributed by atoms with E-state index in [-0.39, 0.29) is 0 Å². The molecule has 0 aliphatic carbocycles. The molecular formula is C11H14N2OS. The second-order valence-electron chi connectivity index (χ2n) is 3.32. The Labute approximate surface area is 93.2 Å². The Morgan fingerprint density at radius 2 is 2.40 bits per heavy atom. The van der Waals surface area contributed by atoms with E-state index < -0.39 is 0 Å². The molecule has 15 heavy (non-hydrogen) atoms. The van der Waals surface area contributed by atoms with E-state index in [9.17, 15) is 0 Å². The zero-order valence-electron chi connectivity index (χ0n) is 8.69. The predicted octanol–water partition coefficient (Wildman–Crippen LogP) is 2.59. The topological polar surface area (TPSA) is 38.1 Å². The predicted molar refractivity (Wildman–Crippen MR) is 60.7 cm³/mol. The zero-order valence-corrected chi connectivity index (χ0v) is 9.51. The number of thiazole rings is 1. The molecule has 0 fully saturated rings. The average molecular weight is 222 g/mol. The van der Waals surface area contributed by atoms with Gasteiger partial charge in [-0.1, -0.05) is 6.92 Å². The number of hydrogen-bond acceptors (Lipinski definition) is 4. The van der Waals surface area contributed by atoms with Crippen molar-refractivity contribution in [2.24, 2.45) is 0 Å². The normalized spacial score (nSPS) is 10.7. The minimum absolute atomic E-state index is 0.821. The van der Waals surface area contributed by atoms with Crippen LogP contribution in [-0.2, 0) is 19.5 Å². The first-order chi connectivity index (χ1) is 7.38. The van der Waals surface area contributed by atoms with Crippen molar-refractivity contribution in [2.45, 2.75) is 26.4 Å². The van der Waals surface area contributed by atoms with Gasteiger partial charge in [0.25, 0.3) is 0 Å². The van der Waals surface area contributed by atoms with Crippen molar-refractivity contribution >= 4 is 11.3 Å². The molecule has 0 aliphatic rings. The third-order valence-electron chi connectivity index (χ3n) is 2.12. The van der Waals surface area contributed by atoms with Gasteiger partial charge in [-0.3, -0.25) is 0 Å². The number of furan rings is 1. The molecule has 3 nitrogen and oxygen atoms in total. The fourth-order valence-corrected chi connectivity index (χ4v) is 2.07. The van der Waals surface area contributed by atoms with Crippen LogP contribution in [0.4, 0.5) is 0 Å².